The highest BCUT2D eigenvalue weighted by atomic mass is 19.1. The minimum absolute atomic E-state index is 0.0387. The zero-order valence-corrected chi connectivity index (χ0v) is 25.1. The first kappa shape index (κ1) is 32.1. The molecule has 4 aliphatic rings. The summed E-state index contributed by atoms with van der Waals surface area (Å²) >= 11 is 0. The molecule has 41 heavy (non-hydrogen) atoms. The SMILES string of the molecule is CCCN1CC(F)CCCC(C)C(C)=C1C(C(=O)NC1CNCC(F)C1N1CCN(C(=O)C2CNC2)CC1)C(N)N. The first-order valence-electron chi connectivity index (χ1n) is 15.6. The van der Waals surface area contributed by atoms with E-state index in [1.54, 1.807) is 0 Å². The number of carbonyl (C=O) groups excluding carboxylic acids is 2. The molecule has 12 heteroatoms. The number of piperidine rings is 1. The van der Waals surface area contributed by atoms with Gasteiger partial charge in [-0.2, -0.15) is 0 Å². The summed E-state index contributed by atoms with van der Waals surface area (Å²) in [6, 6.07) is -1.04. The van der Waals surface area contributed by atoms with Gasteiger partial charge in [0, 0.05) is 71.1 Å². The highest BCUT2D eigenvalue weighted by molar-refractivity contribution is 5.83. The molecule has 4 heterocycles. The molecule has 0 saturated carbocycles. The van der Waals surface area contributed by atoms with E-state index < -0.39 is 36.5 Å². The van der Waals surface area contributed by atoms with E-state index in [4.69, 9.17) is 11.5 Å². The summed E-state index contributed by atoms with van der Waals surface area (Å²) in [5.74, 6) is -0.889. The quantitative estimate of drug-likeness (QED) is 0.256. The van der Waals surface area contributed by atoms with Crippen molar-refractivity contribution >= 4 is 11.8 Å². The molecule has 0 bridgehead atoms. The van der Waals surface area contributed by atoms with Gasteiger partial charge in [-0.3, -0.25) is 14.5 Å². The molecule has 0 aromatic heterocycles. The van der Waals surface area contributed by atoms with Crippen molar-refractivity contribution in [2.45, 2.75) is 77.0 Å². The lowest BCUT2D eigenvalue weighted by atomic mass is 9.88. The van der Waals surface area contributed by atoms with Gasteiger partial charge in [0.15, 0.2) is 0 Å². The molecular formula is C29H52F2N8O2. The fraction of sp³-hybridized carbons (Fsp3) is 0.862. The molecule has 4 aliphatic heterocycles. The molecule has 3 fully saturated rings. The van der Waals surface area contributed by atoms with E-state index in [0.717, 1.165) is 37.9 Å². The van der Waals surface area contributed by atoms with Crippen LogP contribution in [0.2, 0.25) is 0 Å². The number of nitrogens with two attached hydrogens (primary N) is 2. The number of allylic oxidation sites excluding steroid dienone is 1. The van der Waals surface area contributed by atoms with Crippen LogP contribution in [-0.2, 0) is 9.59 Å². The molecule has 10 nitrogen and oxygen atoms in total. The summed E-state index contributed by atoms with van der Waals surface area (Å²) in [6.45, 7) is 11.2. The van der Waals surface area contributed by atoms with Crippen LogP contribution in [0.5, 0.6) is 0 Å². The normalized spacial score (nSPS) is 31.8. The van der Waals surface area contributed by atoms with Crippen molar-refractivity contribution in [3.63, 3.8) is 0 Å². The number of piperazine rings is 1. The van der Waals surface area contributed by atoms with Gasteiger partial charge >= 0.3 is 0 Å². The van der Waals surface area contributed by atoms with Gasteiger partial charge in [-0.1, -0.05) is 19.4 Å². The standard InChI is InChI=1S/C29H52F2N8O2/c1-4-8-39-17-21(30)7-5-6-18(2)19(3)25(39)24(27(32)33)28(40)36-23-16-35-15-22(31)26(23)37-9-11-38(12-10-37)29(41)20-13-34-14-20/h18,20-24,26-27,34-35H,4-17,32-33H2,1-3H3,(H,36,40). The molecule has 3 saturated heterocycles. The second-order valence-corrected chi connectivity index (χ2v) is 12.5. The zero-order chi connectivity index (χ0) is 29.7. The predicted octanol–water partition coefficient (Wildman–Crippen LogP) is 0.149. The van der Waals surface area contributed by atoms with Crippen LogP contribution in [-0.4, -0.2) is 123 Å². The highest BCUT2D eigenvalue weighted by Gasteiger charge is 2.43. The third kappa shape index (κ3) is 7.57. The highest BCUT2D eigenvalue weighted by Crippen LogP contribution is 2.32. The van der Waals surface area contributed by atoms with Gasteiger partial charge in [-0.05, 0) is 38.5 Å². The Bertz CT molecular complexity index is 924. The van der Waals surface area contributed by atoms with E-state index >= 15 is 4.39 Å². The summed E-state index contributed by atoms with van der Waals surface area (Å²) < 4.78 is 30.5. The third-order valence-corrected chi connectivity index (χ3v) is 9.50. The van der Waals surface area contributed by atoms with Crippen LogP contribution in [0.4, 0.5) is 8.78 Å². The van der Waals surface area contributed by atoms with Gasteiger partial charge in [0.2, 0.25) is 11.8 Å². The van der Waals surface area contributed by atoms with Crippen molar-refractivity contribution in [2.24, 2.45) is 29.2 Å². The summed E-state index contributed by atoms with van der Waals surface area (Å²) in [6.07, 6.45) is -0.312. The zero-order valence-electron chi connectivity index (χ0n) is 25.1. The van der Waals surface area contributed by atoms with E-state index in [9.17, 15) is 14.0 Å². The smallest absolute Gasteiger partial charge is 0.232 e. The van der Waals surface area contributed by atoms with E-state index in [0.29, 0.717) is 51.4 Å². The van der Waals surface area contributed by atoms with Gasteiger partial charge in [0.1, 0.15) is 18.3 Å². The Labute approximate surface area is 244 Å². The molecular weight excluding hydrogens is 530 g/mol. The van der Waals surface area contributed by atoms with Crippen LogP contribution in [0.3, 0.4) is 0 Å². The van der Waals surface area contributed by atoms with Crippen LogP contribution in [0.15, 0.2) is 11.3 Å². The minimum Gasteiger partial charge on any atom is -0.371 e. The number of nitrogens with zero attached hydrogens (tertiary/aromatic N) is 3. The summed E-state index contributed by atoms with van der Waals surface area (Å²) in [7, 11) is 0. The fourth-order valence-corrected chi connectivity index (χ4v) is 6.92. The average molecular weight is 583 g/mol. The number of carbonyl (C=O) groups is 2. The van der Waals surface area contributed by atoms with Crippen LogP contribution in [0.25, 0.3) is 0 Å². The van der Waals surface area contributed by atoms with Crippen molar-refractivity contribution in [1.82, 2.24) is 30.7 Å². The topological polar surface area (TPSA) is 132 Å². The lowest BCUT2D eigenvalue weighted by Gasteiger charge is -2.47. The molecule has 0 aromatic rings. The Balaban J connectivity index is 1.52. The number of halogens is 2. The largest absolute Gasteiger partial charge is 0.371 e. The van der Waals surface area contributed by atoms with Gasteiger partial charge < -0.3 is 37.2 Å². The minimum atomic E-state index is -1.19. The Morgan fingerprint density at radius 1 is 1.05 bits per heavy atom. The van der Waals surface area contributed by atoms with E-state index in [1.807, 2.05) is 23.6 Å². The monoisotopic (exact) mass is 582 g/mol. The first-order valence-corrected chi connectivity index (χ1v) is 15.6. The van der Waals surface area contributed by atoms with Gasteiger partial charge in [0.25, 0.3) is 0 Å². The fourth-order valence-electron chi connectivity index (χ4n) is 6.92. The van der Waals surface area contributed by atoms with Crippen LogP contribution in [0.1, 0.15) is 46.5 Å². The second kappa shape index (κ2) is 14.5. The number of alkyl halides is 2. The molecule has 7 N–H and O–H groups in total. The van der Waals surface area contributed by atoms with Crippen molar-refractivity contribution in [3.05, 3.63) is 11.3 Å². The van der Waals surface area contributed by atoms with Crippen molar-refractivity contribution in [2.75, 3.05) is 65.4 Å². The molecule has 234 valence electrons. The lowest BCUT2D eigenvalue weighted by Crippen LogP contribution is -2.68. The van der Waals surface area contributed by atoms with E-state index in [1.165, 1.54) is 0 Å². The van der Waals surface area contributed by atoms with Gasteiger partial charge in [-0.15, -0.1) is 0 Å². The lowest BCUT2D eigenvalue weighted by molar-refractivity contribution is -0.139. The van der Waals surface area contributed by atoms with Crippen LogP contribution >= 0.6 is 0 Å². The van der Waals surface area contributed by atoms with E-state index in [2.05, 4.69) is 27.8 Å². The first-order chi connectivity index (χ1) is 19.6. The van der Waals surface area contributed by atoms with Crippen molar-refractivity contribution in [3.8, 4) is 0 Å². The van der Waals surface area contributed by atoms with Crippen molar-refractivity contribution < 1.29 is 18.4 Å². The number of nitrogens with one attached hydrogen (secondary N) is 3. The second-order valence-electron chi connectivity index (χ2n) is 12.5. The van der Waals surface area contributed by atoms with Gasteiger partial charge in [-0.25, -0.2) is 8.78 Å². The summed E-state index contributed by atoms with van der Waals surface area (Å²) in [5.41, 5.74) is 14.4. The maximum Gasteiger partial charge on any atom is 0.232 e. The number of rotatable bonds is 8. The number of amides is 2. The Morgan fingerprint density at radius 2 is 1.73 bits per heavy atom. The average Bonchev–Trinajstić information content (AvgIpc) is 2.94. The molecule has 6 atom stereocenters. The molecule has 4 rings (SSSR count). The van der Waals surface area contributed by atoms with Crippen molar-refractivity contribution in [1.29, 1.82) is 0 Å². The maximum absolute atomic E-state index is 15.5. The third-order valence-electron chi connectivity index (χ3n) is 9.50. The Morgan fingerprint density at radius 3 is 2.34 bits per heavy atom. The summed E-state index contributed by atoms with van der Waals surface area (Å²) in [5, 5.41) is 9.38. The molecule has 0 radical (unpaired) electrons. The van der Waals surface area contributed by atoms with Crippen LogP contribution < -0.4 is 27.4 Å². The molecule has 6 unspecified atom stereocenters. The summed E-state index contributed by atoms with van der Waals surface area (Å²) in [4.78, 5) is 32.7. The molecule has 0 aromatic carbocycles. The Hall–Kier alpha value is -1.86. The maximum atomic E-state index is 15.5. The molecule has 0 spiro atoms. The predicted molar refractivity (Wildman–Crippen MR) is 156 cm³/mol. The number of hydrogen-bond acceptors (Lipinski definition) is 8. The Kier molecular flexibility index (Phi) is 11.4. The molecule has 0 aliphatic carbocycles. The van der Waals surface area contributed by atoms with E-state index in [-0.39, 0.29) is 36.7 Å². The molecule has 2 amide bonds. The van der Waals surface area contributed by atoms with Gasteiger partial charge in [0.05, 0.1) is 24.2 Å². The number of hydrogen-bond donors (Lipinski definition) is 5. The van der Waals surface area contributed by atoms with Crippen LogP contribution in [0, 0.1) is 17.8 Å².